The van der Waals surface area contributed by atoms with Crippen LogP contribution in [0.1, 0.15) is 20.8 Å². The van der Waals surface area contributed by atoms with Crippen molar-refractivity contribution in [1.82, 2.24) is 4.90 Å². The smallest absolute Gasteiger partial charge is 0.410 e. The first-order valence-electron chi connectivity index (χ1n) is 5.08. The lowest BCUT2D eigenvalue weighted by Gasteiger charge is -2.46. The highest BCUT2D eigenvalue weighted by atomic mass is 19.3. The standard InChI is InChI=1S/C10H15F2NO4/c1-9(2,3)17-8(16)13-4-10(5-13,6(11)12)7(14)15/h6H,4-5H2,1-3H3,(H,14,15). The Morgan fingerprint density at radius 1 is 1.35 bits per heavy atom. The van der Waals surface area contributed by atoms with Crippen LogP contribution in [-0.2, 0) is 9.53 Å². The van der Waals surface area contributed by atoms with E-state index in [0.717, 1.165) is 4.90 Å². The van der Waals surface area contributed by atoms with Crippen molar-refractivity contribution in [3.63, 3.8) is 0 Å². The van der Waals surface area contributed by atoms with Crippen molar-refractivity contribution in [2.24, 2.45) is 5.41 Å². The zero-order valence-electron chi connectivity index (χ0n) is 9.87. The molecule has 1 N–H and O–H groups in total. The van der Waals surface area contributed by atoms with E-state index in [0.29, 0.717) is 0 Å². The van der Waals surface area contributed by atoms with Gasteiger partial charge < -0.3 is 14.7 Å². The zero-order chi connectivity index (χ0) is 13.4. The van der Waals surface area contributed by atoms with Crippen LogP contribution >= 0.6 is 0 Å². The molecule has 1 saturated heterocycles. The van der Waals surface area contributed by atoms with Crippen LogP contribution in [0.15, 0.2) is 0 Å². The van der Waals surface area contributed by atoms with Gasteiger partial charge in [0.15, 0.2) is 5.41 Å². The van der Waals surface area contributed by atoms with Crippen molar-refractivity contribution in [2.45, 2.75) is 32.8 Å². The Hall–Kier alpha value is -1.40. The number of carbonyl (C=O) groups excluding carboxylic acids is 1. The third-order valence-corrected chi connectivity index (χ3v) is 2.44. The van der Waals surface area contributed by atoms with E-state index in [2.05, 4.69) is 0 Å². The van der Waals surface area contributed by atoms with Crippen LogP contribution in [-0.4, -0.2) is 47.2 Å². The average molecular weight is 251 g/mol. The molecule has 0 bridgehead atoms. The van der Waals surface area contributed by atoms with Crippen LogP contribution in [0.25, 0.3) is 0 Å². The molecule has 0 spiro atoms. The van der Waals surface area contributed by atoms with Crippen molar-refractivity contribution < 1.29 is 28.2 Å². The number of rotatable bonds is 2. The highest BCUT2D eigenvalue weighted by Gasteiger charge is 2.58. The van der Waals surface area contributed by atoms with E-state index in [9.17, 15) is 18.4 Å². The molecular weight excluding hydrogens is 236 g/mol. The van der Waals surface area contributed by atoms with Crippen LogP contribution in [0, 0.1) is 5.41 Å². The van der Waals surface area contributed by atoms with Gasteiger partial charge in [-0.1, -0.05) is 0 Å². The quantitative estimate of drug-likeness (QED) is 0.809. The van der Waals surface area contributed by atoms with E-state index in [-0.39, 0.29) is 0 Å². The van der Waals surface area contributed by atoms with Crippen LogP contribution in [0.3, 0.4) is 0 Å². The van der Waals surface area contributed by atoms with Crippen molar-refractivity contribution in [3.8, 4) is 0 Å². The third-order valence-electron chi connectivity index (χ3n) is 2.44. The van der Waals surface area contributed by atoms with E-state index in [1.807, 2.05) is 0 Å². The summed E-state index contributed by atoms with van der Waals surface area (Å²) in [7, 11) is 0. The van der Waals surface area contributed by atoms with E-state index >= 15 is 0 Å². The molecule has 1 heterocycles. The van der Waals surface area contributed by atoms with E-state index in [1.54, 1.807) is 20.8 Å². The predicted molar refractivity (Wildman–Crippen MR) is 53.9 cm³/mol. The highest BCUT2D eigenvalue weighted by molar-refractivity contribution is 5.81. The fourth-order valence-electron chi connectivity index (χ4n) is 1.46. The largest absolute Gasteiger partial charge is 0.481 e. The molecule has 1 amide bonds. The van der Waals surface area contributed by atoms with Gasteiger partial charge in [0.1, 0.15) is 5.60 Å². The fourth-order valence-corrected chi connectivity index (χ4v) is 1.46. The number of hydrogen-bond donors (Lipinski definition) is 1. The molecule has 1 rings (SSSR count). The number of aliphatic carboxylic acids is 1. The number of ether oxygens (including phenoxy) is 1. The molecule has 17 heavy (non-hydrogen) atoms. The maximum absolute atomic E-state index is 12.6. The Bertz CT molecular complexity index is 332. The van der Waals surface area contributed by atoms with Gasteiger partial charge in [-0.05, 0) is 20.8 Å². The lowest BCUT2D eigenvalue weighted by molar-refractivity contribution is -0.177. The summed E-state index contributed by atoms with van der Waals surface area (Å²) in [5, 5.41) is 8.73. The maximum atomic E-state index is 12.6. The molecule has 0 aromatic rings. The number of halogens is 2. The van der Waals surface area contributed by atoms with Crippen LogP contribution in [0.2, 0.25) is 0 Å². The molecule has 0 saturated carbocycles. The first kappa shape index (κ1) is 13.7. The second kappa shape index (κ2) is 4.12. The minimum absolute atomic E-state index is 0.519. The van der Waals surface area contributed by atoms with Crippen LogP contribution < -0.4 is 0 Å². The summed E-state index contributed by atoms with van der Waals surface area (Å²) < 4.78 is 30.1. The van der Waals surface area contributed by atoms with Crippen molar-refractivity contribution >= 4 is 12.1 Å². The van der Waals surface area contributed by atoms with Gasteiger partial charge in [0.25, 0.3) is 6.43 Å². The second-order valence-electron chi connectivity index (χ2n) is 5.10. The Kier molecular flexibility index (Phi) is 3.31. The number of carbonyl (C=O) groups is 2. The molecular formula is C10H15F2NO4. The molecule has 98 valence electrons. The van der Waals surface area contributed by atoms with E-state index in [1.165, 1.54) is 0 Å². The lowest BCUT2D eigenvalue weighted by atomic mass is 9.80. The monoisotopic (exact) mass is 251 g/mol. The number of carboxylic acid groups (broad SMARTS) is 1. The number of amides is 1. The van der Waals surface area contributed by atoms with Gasteiger partial charge >= 0.3 is 12.1 Å². The topological polar surface area (TPSA) is 66.8 Å². The molecule has 1 aliphatic rings. The zero-order valence-corrected chi connectivity index (χ0v) is 9.87. The average Bonchev–Trinajstić information content (AvgIpc) is 1.95. The molecule has 7 heteroatoms. The summed E-state index contributed by atoms with van der Waals surface area (Å²) in [5.41, 5.74) is -2.87. The van der Waals surface area contributed by atoms with Crippen LogP contribution in [0.5, 0.6) is 0 Å². The summed E-state index contributed by atoms with van der Waals surface area (Å²) in [6.07, 6.45) is -3.77. The van der Waals surface area contributed by atoms with E-state index < -0.39 is 42.6 Å². The number of nitrogens with zero attached hydrogens (tertiary/aromatic N) is 1. The van der Waals surface area contributed by atoms with E-state index in [4.69, 9.17) is 9.84 Å². The van der Waals surface area contributed by atoms with Crippen molar-refractivity contribution in [2.75, 3.05) is 13.1 Å². The van der Waals surface area contributed by atoms with Crippen molar-refractivity contribution in [3.05, 3.63) is 0 Å². The van der Waals surface area contributed by atoms with Gasteiger partial charge in [-0.15, -0.1) is 0 Å². The first-order valence-corrected chi connectivity index (χ1v) is 5.08. The Morgan fingerprint density at radius 2 is 1.82 bits per heavy atom. The van der Waals surface area contributed by atoms with Gasteiger partial charge in [-0.2, -0.15) is 0 Å². The molecule has 0 aromatic carbocycles. The minimum Gasteiger partial charge on any atom is -0.481 e. The van der Waals surface area contributed by atoms with Crippen molar-refractivity contribution in [1.29, 1.82) is 0 Å². The maximum Gasteiger partial charge on any atom is 0.410 e. The Labute approximate surface area is 97.3 Å². The summed E-state index contributed by atoms with van der Waals surface area (Å²) in [6, 6.07) is 0. The molecule has 5 nitrogen and oxygen atoms in total. The molecule has 0 aromatic heterocycles. The summed E-state index contributed by atoms with van der Waals surface area (Å²) in [6.45, 7) is 3.89. The second-order valence-corrected chi connectivity index (χ2v) is 5.10. The predicted octanol–water partition coefficient (Wildman–Crippen LogP) is 1.57. The summed E-state index contributed by atoms with van der Waals surface area (Å²) in [5.74, 6) is -1.59. The molecule has 0 unspecified atom stereocenters. The minimum atomic E-state index is -3.00. The molecule has 0 aliphatic carbocycles. The SMILES string of the molecule is CC(C)(C)OC(=O)N1CC(C(=O)O)(C(F)F)C1. The highest BCUT2D eigenvalue weighted by Crippen LogP contribution is 2.37. The number of alkyl halides is 2. The Balaban J connectivity index is 2.61. The Morgan fingerprint density at radius 3 is 2.12 bits per heavy atom. The summed E-state index contributed by atoms with van der Waals surface area (Å²) in [4.78, 5) is 23.1. The number of likely N-dealkylation sites (tertiary alicyclic amines) is 1. The first-order chi connectivity index (χ1) is 7.58. The molecule has 0 atom stereocenters. The molecule has 0 radical (unpaired) electrons. The van der Waals surface area contributed by atoms with Gasteiger partial charge in [0, 0.05) is 13.1 Å². The van der Waals surface area contributed by atoms with Crippen LogP contribution in [0.4, 0.5) is 13.6 Å². The third kappa shape index (κ3) is 2.65. The van der Waals surface area contributed by atoms with Gasteiger partial charge in [-0.3, -0.25) is 4.79 Å². The van der Waals surface area contributed by atoms with Gasteiger partial charge in [-0.25, -0.2) is 13.6 Å². The summed E-state index contributed by atoms with van der Waals surface area (Å²) >= 11 is 0. The normalized spacial score (nSPS) is 18.8. The molecule has 1 aliphatic heterocycles. The van der Waals surface area contributed by atoms with Gasteiger partial charge in [0.2, 0.25) is 0 Å². The fraction of sp³-hybridized carbons (Fsp3) is 0.800. The lowest BCUT2D eigenvalue weighted by Crippen LogP contribution is -2.65. The number of hydrogen-bond acceptors (Lipinski definition) is 3. The van der Waals surface area contributed by atoms with Gasteiger partial charge in [0.05, 0.1) is 0 Å². The molecule has 1 fully saturated rings. The number of carboxylic acids is 1.